The van der Waals surface area contributed by atoms with E-state index in [1.165, 1.54) is 0 Å². The Kier molecular flexibility index (Phi) is 2.55. The van der Waals surface area contributed by atoms with Gasteiger partial charge in [-0.3, -0.25) is 4.98 Å². The molecule has 0 amide bonds. The van der Waals surface area contributed by atoms with Gasteiger partial charge in [0.15, 0.2) is 0 Å². The molecule has 0 spiro atoms. The largest absolute Gasteiger partial charge is 0.254 e. The summed E-state index contributed by atoms with van der Waals surface area (Å²) in [5.41, 5.74) is 2.92. The first-order chi connectivity index (χ1) is 8.74. The van der Waals surface area contributed by atoms with Crippen LogP contribution in [-0.2, 0) is 0 Å². The van der Waals surface area contributed by atoms with E-state index in [2.05, 4.69) is 35.2 Å². The molecule has 4 nitrogen and oxygen atoms in total. The monoisotopic (exact) mass is 238 g/mol. The molecule has 0 bridgehead atoms. The second-order valence-corrected chi connectivity index (χ2v) is 4.63. The van der Waals surface area contributed by atoms with Gasteiger partial charge in [0.1, 0.15) is 0 Å². The van der Waals surface area contributed by atoms with Crippen molar-refractivity contribution in [1.82, 2.24) is 20.0 Å². The Hall–Kier alpha value is -2.23. The number of rotatable bonds is 2. The number of fused-ring (bicyclic) bond motifs is 1. The van der Waals surface area contributed by atoms with E-state index in [0.717, 1.165) is 22.3 Å². The molecular formula is C14H14N4. The van der Waals surface area contributed by atoms with E-state index in [9.17, 15) is 0 Å². The number of hydrogen-bond donors (Lipinski definition) is 0. The molecule has 0 aliphatic heterocycles. The van der Waals surface area contributed by atoms with Crippen LogP contribution < -0.4 is 0 Å². The Morgan fingerprint density at radius 2 is 2.00 bits per heavy atom. The first-order valence-corrected chi connectivity index (χ1v) is 6.01. The molecule has 3 rings (SSSR count). The molecule has 0 saturated carbocycles. The van der Waals surface area contributed by atoms with Gasteiger partial charge in [-0.1, -0.05) is 37.3 Å². The van der Waals surface area contributed by atoms with Crippen molar-refractivity contribution in [2.75, 3.05) is 0 Å². The number of aromatic nitrogens is 4. The third kappa shape index (κ3) is 1.86. The van der Waals surface area contributed by atoms with E-state index in [0.29, 0.717) is 5.92 Å². The highest BCUT2D eigenvalue weighted by atomic mass is 15.4. The summed E-state index contributed by atoms with van der Waals surface area (Å²) in [6.07, 6.45) is 3.78. The van der Waals surface area contributed by atoms with E-state index in [4.69, 9.17) is 0 Å². The minimum Gasteiger partial charge on any atom is -0.254 e. The van der Waals surface area contributed by atoms with E-state index in [1.54, 1.807) is 4.68 Å². The molecule has 0 fully saturated rings. The molecule has 18 heavy (non-hydrogen) atoms. The summed E-state index contributed by atoms with van der Waals surface area (Å²) >= 11 is 0. The minimum atomic E-state index is 0.382. The van der Waals surface area contributed by atoms with Crippen molar-refractivity contribution in [1.29, 1.82) is 0 Å². The Balaban J connectivity index is 2.07. The smallest absolute Gasteiger partial charge is 0.0857 e. The molecule has 0 aliphatic carbocycles. The van der Waals surface area contributed by atoms with Gasteiger partial charge in [0.05, 0.1) is 29.3 Å². The summed E-state index contributed by atoms with van der Waals surface area (Å²) < 4.78 is 1.77. The number of benzene rings is 1. The number of pyridine rings is 1. The van der Waals surface area contributed by atoms with Crippen molar-refractivity contribution in [3.8, 4) is 5.69 Å². The molecule has 0 radical (unpaired) electrons. The lowest BCUT2D eigenvalue weighted by Crippen LogP contribution is -1.95. The van der Waals surface area contributed by atoms with Crippen LogP contribution in [0.3, 0.4) is 0 Å². The first kappa shape index (κ1) is 10.9. The van der Waals surface area contributed by atoms with Crippen molar-refractivity contribution in [2.24, 2.45) is 0 Å². The zero-order chi connectivity index (χ0) is 12.5. The zero-order valence-corrected chi connectivity index (χ0v) is 10.4. The van der Waals surface area contributed by atoms with Gasteiger partial charge in [-0.25, -0.2) is 4.68 Å². The van der Waals surface area contributed by atoms with Gasteiger partial charge in [-0.05, 0) is 18.1 Å². The van der Waals surface area contributed by atoms with E-state index in [1.807, 2.05) is 36.7 Å². The number of nitrogens with zero attached hydrogens (tertiary/aromatic N) is 4. The van der Waals surface area contributed by atoms with Crippen LogP contribution in [-0.4, -0.2) is 20.0 Å². The van der Waals surface area contributed by atoms with Crippen molar-refractivity contribution < 1.29 is 0 Å². The SMILES string of the molecule is CC(C)c1cn(-c2cnc3ccccc3c2)nn1. The van der Waals surface area contributed by atoms with Crippen LogP contribution in [0.5, 0.6) is 0 Å². The highest BCUT2D eigenvalue weighted by Gasteiger charge is 2.06. The zero-order valence-electron chi connectivity index (χ0n) is 10.4. The molecule has 2 heterocycles. The average Bonchev–Trinajstić information content (AvgIpc) is 2.88. The van der Waals surface area contributed by atoms with Crippen molar-refractivity contribution in [3.63, 3.8) is 0 Å². The molecule has 3 aromatic rings. The lowest BCUT2D eigenvalue weighted by atomic mass is 10.1. The van der Waals surface area contributed by atoms with Crippen molar-refractivity contribution in [2.45, 2.75) is 19.8 Å². The average molecular weight is 238 g/mol. The molecule has 2 aromatic heterocycles. The summed E-state index contributed by atoms with van der Waals surface area (Å²) in [7, 11) is 0. The summed E-state index contributed by atoms with van der Waals surface area (Å²) in [4.78, 5) is 4.42. The molecule has 0 N–H and O–H groups in total. The minimum absolute atomic E-state index is 0.382. The predicted octanol–water partition coefficient (Wildman–Crippen LogP) is 2.94. The van der Waals surface area contributed by atoms with Crippen LogP contribution in [0.2, 0.25) is 0 Å². The lowest BCUT2D eigenvalue weighted by Gasteiger charge is -2.02. The topological polar surface area (TPSA) is 43.6 Å². The first-order valence-electron chi connectivity index (χ1n) is 6.01. The Bertz CT molecular complexity index is 685. The lowest BCUT2D eigenvalue weighted by molar-refractivity contribution is 0.775. The highest BCUT2D eigenvalue weighted by molar-refractivity contribution is 5.79. The van der Waals surface area contributed by atoms with Gasteiger partial charge in [-0.2, -0.15) is 0 Å². The maximum atomic E-state index is 4.42. The summed E-state index contributed by atoms with van der Waals surface area (Å²) in [5, 5.41) is 9.41. The standard InChI is InChI=1S/C14H14N4/c1-10(2)14-9-18(17-16-14)12-7-11-5-3-4-6-13(11)15-8-12/h3-10H,1-2H3. The Labute approximate surface area is 105 Å². The van der Waals surface area contributed by atoms with Crippen LogP contribution in [0.4, 0.5) is 0 Å². The molecular weight excluding hydrogens is 224 g/mol. The van der Waals surface area contributed by atoms with Crippen LogP contribution in [0.1, 0.15) is 25.5 Å². The van der Waals surface area contributed by atoms with Crippen LogP contribution >= 0.6 is 0 Å². The third-order valence-electron chi connectivity index (χ3n) is 2.94. The second-order valence-electron chi connectivity index (χ2n) is 4.63. The van der Waals surface area contributed by atoms with Gasteiger partial charge in [-0.15, -0.1) is 5.10 Å². The van der Waals surface area contributed by atoms with E-state index in [-0.39, 0.29) is 0 Å². The van der Waals surface area contributed by atoms with Gasteiger partial charge >= 0.3 is 0 Å². The normalized spacial score (nSPS) is 11.3. The van der Waals surface area contributed by atoms with Crippen LogP contribution in [0, 0.1) is 0 Å². The number of para-hydroxylation sites is 1. The molecule has 1 aromatic carbocycles. The quantitative estimate of drug-likeness (QED) is 0.689. The van der Waals surface area contributed by atoms with Gasteiger partial charge < -0.3 is 0 Å². The fourth-order valence-electron chi connectivity index (χ4n) is 1.85. The molecule has 0 unspecified atom stereocenters. The fraction of sp³-hybridized carbons (Fsp3) is 0.214. The van der Waals surface area contributed by atoms with Crippen molar-refractivity contribution >= 4 is 10.9 Å². The maximum Gasteiger partial charge on any atom is 0.0857 e. The third-order valence-corrected chi connectivity index (χ3v) is 2.94. The van der Waals surface area contributed by atoms with Gasteiger partial charge in [0.2, 0.25) is 0 Å². The van der Waals surface area contributed by atoms with E-state index >= 15 is 0 Å². The number of hydrogen-bond acceptors (Lipinski definition) is 3. The Morgan fingerprint density at radius 1 is 1.17 bits per heavy atom. The highest BCUT2D eigenvalue weighted by Crippen LogP contribution is 2.16. The molecule has 0 aliphatic rings. The summed E-state index contributed by atoms with van der Waals surface area (Å²) in [6, 6.07) is 10.1. The van der Waals surface area contributed by atoms with E-state index < -0.39 is 0 Å². The summed E-state index contributed by atoms with van der Waals surface area (Å²) in [5.74, 6) is 0.382. The molecule has 0 atom stereocenters. The predicted molar refractivity (Wildman–Crippen MR) is 70.7 cm³/mol. The van der Waals surface area contributed by atoms with Gasteiger partial charge in [0.25, 0.3) is 0 Å². The molecule has 90 valence electrons. The summed E-state index contributed by atoms with van der Waals surface area (Å²) in [6.45, 7) is 4.21. The molecule has 4 heteroatoms. The maximum absolute atomic E-state index is 4.42. The van der Waals surface area contributed by atoms with Crippen LogP contribution in [0.15, 0.2) is 42.7 Å². The Morgan fingerprint density at radius 3 is 2.78 bits per heavy atom. The fourth-order valence-corrected chi connectivity index (χ4v) is 1.85. The van der Waals surface area contributed by atoms with Gasteiger partial charge in [0, 0.05) is 5.39 Å². The molecule has 0 saturated heterocycles. The van der Waals surface area contributed by atoms with Crippen LogP contribution in [0.25, 0.3) is 16.6 Å². The van der Waals surface area contributed by atoms with Crippen molar-refractivity contribution in [3.05, 3.63) is 48.4 Å². The second kappa shape index (κ2) is 4.22.